The maximum atomic E-state index is 14.0. The molecule has 1 atom stereocenters. The van der Waals surface area contributed by atoms with Crippen LogP contribution < -0.4 is 19.1 Å². The summed E-state index contributed by atoms with van der Waals surface area (Å²) in [5, 5.41) is 3.03. The minimum absolute atomic E-state index is 0.0654. The number of unbranched alkanes of at least 4 members (excludes halogenated alkanes) is 1. The average Bonchev–Trinajstić information content (AvgIpc) is 3.00. The number of sulfonamides is 1. The van der Waals surface area contributed by atoms with Gasteiger partial charge in [0.25, 0.3) is 0 Å². The first kappa shape index (κ1) is 32.9. The number of carbonyl (C=O) groups excluding carboxylic acids is 2. The Bertz CT molecular complexity index is 1510. The number of aryl methyl sites for hydroxylation is 1. The van der Waals surface area contributed by atoms with Crippen LogP contribution in [0.15, 0.2) is 72.8 Å². The molecule has 0 saturated carbocycles. The molecule has 0 radical (unpaired) electrons. The Balaban J connectivity index is 1.56. The fraction of sp³-hybridized carbons (Fsp3) is 0.412. The van der Waals surface area contributed by atoms with Gasteiger partial charge in [-0.25, -0.2) is 8.42 Å². The van der Waals surface area contributed by atoms with Crippen molar-refractivity contribution in [3.8, 4) is 11.5 Å². The van der Waals surface area contributed by atoms with E-state index in [0.29, 0.717) is 43.4 Å². The molecule has 0 aliphatic carbocycles. The van der Waals surface area contributed by atoms with Gasteiger partial charge in [0.2, 0.25) is 21.8 Å². The van der Waals surface area contributed by atoms with Gasteiger partial charge >= 0.3 is 0 Å². The second-order valence-electron chi connectivity index (χ2n) is 11.1. The van der Waals surface area contributed by atoms with Crippen LogP contribution in [0.2, 0.25) is 0 Å². The Labute approximate surface area is 261 Å². The van der Waals surface area contributed by atoms with Gasteiger partial charge in [0.1, 0.15) is 19.3 Å². The lowest BCUT2D eigenvalue weighted by molar-refractivity contribution is -0.141. The smallest absolute Gasteiger partial charge is 0.243 e. The summed E-state index contributed by atoms with van der Waals surface area (Å²) in [4.78, 5) is 29.3. The van der Waals surface area contributed by atoms with Gasteiger partial charge in [0.15, 0.2) is 11.5 Å². The molecule has 1 heterocycles. The van der Waals surface area contributed by atoms with E-state index in [1.54, 1.807) is 23.1 Å². The maximum Gasteiger partial charge on any atom is 0.243 e. The summed E-state index contributed by atoms with van der Waals surface area (Å²) in [6.07, 6.45) is 3.62. The van der Waals surface area contributed by atoms with Gasteiger partial charge in [-0.2, -0.15) is 0 Å². The van der Waals surface area contributed by atoms with Crippen LogP contribution in [0.1, 0.15) is 49.3 Å². The van der Waals surface area contributed by atoms with Crippen LogP contribution in [0.3, 0.4) is 0 Å². The van der Waals surface area contributed by atoms with E-state index in [1.807, 2.05) is 61.5 Å². The van der Waals surface area contributed by atoms with Gasteiger partial charge in [0.05, 0.1) is 11.9 Å². The monoisotopic (exact) mass is 621 g/mol. The van der Waals surface area contributed by atoms with E-state index >= 15 is 0 Å². The van der Waals surface area contributed by atoms with E-state index in [4.69, 9.17) is 9.47 Å². The normalized spacial score (nSPS) is 13.2. The summed E-state index contributed by atoms with van der Waals surface area (Å²) in [6, 6.07) is 21.9. The van der Waals surface area contributed by atoms with Crippen LogP contribution in [0.25, 0.3) is 0 Å². The van der Waals surface area contributed by atoms with Crippen LogP contribution in [0, 0.1) is 6.92 Å². The fourth-order valence-electron chi connectivity index (χ4n) is 5.26. The van der Waals surface area contributed by atoms with Crippen LogP contribution in [0.4, 0.5) is 5.69 Å². The molecular weight excluding hydrogens is 578 g/mol. The quantitative estimate of drug-likeness (QED) is 0.243. The maximum absolute atomic E-state index is 14.0. The number of hydrogen-bond acceptors (Lipinski definition) is 6. The number of ether oxygens (including phenoxy) is 2. The third-order valence-electron chi connectivity index (χ3n) is 7.50. The fourth-order valence-corrected chi connectivity index (χ4v) is 6.22. The third-order valence-corrected chi connectivity index (χ3v) is 8.70. The van der Waals surface area contributed by atoms with Crippen molar-refractivity contribution in [1.82, 2.24) is 10.2 Å². The molecular formula is C34H43N3O6S. The zero-order valence-electron chi connectivity index (χ0n) is 25.8. The summed E-state index contributed by atoms with van der Waals surface area (Å²) in [6.45, 7) is 5.76. The molecule has 1 aliphatic rings. The van der Waals surface area contributed by atoms with Crippen LogP contribution in [-0.2, 0) is 32.6 Å². The molecule has 0 spiro atoms. The van der Waals surface area contributed by atoms with Crippen LogP contribution in [0.5, 0.6) is 11.5 Å². The van der Waals surface area contributed by atoms with Crippen molar-refractivity contribution in [1.29, 1.82) is 0 Å². The molecule has 0 aromatic heterocycles. The number of rotatable bonds is 15. The lowest BCUT2D eigenvalue weighted by Crippen LogP contribution is -2.50. The second kappa shape index (κ2) is 15.6. The lowest BCUT2D eigenvalue weighted by atomic mass is 10.0. The van der Waals surface area contributed by atoms with Crippen LogP contribution >= 0.6 is 0 Å². The number of fused-ring (bicyclic) bond motifs is 1. The van der Waals surface area contributed by atoms with Crippen molar-refractivity contribution in [2.24, 2.45) is 0 Å². The summed E-state index contributed by atoms with van der Waals surface area (Å²) in [5.74, 6) is 0.642. The first-order chi connectivity index (χ1) is 21.2. The lowest BCUT2D eigenvalue weighted by Gasteiger charge is -2.32. The molecule has 10 heteroatoms. The van der Waals surface area contributed by atoms with Gasteiger partial charge in [-0.15, -0.1) is 0 Å². The zero-order valence-corrected chi connectivity index (χ0v) is 26.6. The number of carbonyl (C=O) groups is 2. The molecule has 4 rings (SSSR count). The number of benzene rings is 3. The molecule has 236 valence electrons. The molecule has 1 N–H and O–H groups in total. The van der Waals surface area contributed by atoms with Gasteiger partial charge in [0, 0.05) is 38.5 Å². The predicted molar refractivity (Wildman–Crippen MR) is 172 cm³/mol. The van der Waals surface area contributed by atoms with E-state index in [0.717, 1.165) is 35.8 Å². The highest BCUT2D eigenvalue weighted by molar-refractivity contribution is 7.92. The van der Waals surface area contributed by atoms with E-state index in [9.17, 15) is 18.0 Å². The number of nitrogens with one attached hydrogen (secondary N) is 1. The minimum Gasteiger partial charge on any atom is -0.486 e. The van der Waals surface area contributed by atoms with Gasteiger partial charge in [-0.05, 0) is 43.0 Å². The molecule has 3 aromatic carbocycles. The first-order valence-corrected chi connectivity index (χ1v) is 17.0. The molecule has 1 unspecified atom stereocenters. The number of nitrogens with zero attached hydrogens (tertiary/aromatic N) is 2. The Morgan fingerprint density at radius 3 is 2.34 bits per heavy atom. The van der Waals surface area contributed by atoms with Gasteiger partial charge in [-0.3, -0.25) is 13.9 Å². The molecule has 44 heavy (non-hydrogen) atoms. The Hall–Kier alpha value is -4.05. The zero-order chi connectivity index (χ0) is 31.5. The average molecular weight is 622 g/mol. The number of amides is 2. The predicted octanol–water partition coefficient (Wildman–Crippen LogP) is 4.87. The summed E-state index contributed by atoms with van der Waals surface area (Å²) < 4.78 is 38.1. The van der Waals surface area contributed by atoms with Crippen molar-refractivity contribution in [3.63, 3.8) is 0 Å². The van der Waals surface area contributed by atoms with Gasteiger partial charge < -0.3 is 19.7 Å². The standard InChI is InChI=1S/C34H43N3O6S/c1-4-5-18-35-34(39)30(23-27-12-7-6-8-13-27)36(25-28-14-9-11-26(2)22-28)33(38)15-10-19-37(44(3,40)41)29-16-17-31-32(24-29)43-21-20-42-31/h6-9,11-14,16-17,22,24,30H,4-5,10,15,18-21,23,25H2,1-3H3,(H,35,39). The Morgan fingerprint density at radius 2 is 1.64 bits per heavy atom. The van der Waals surface area contributed by atoms with E-state index in [2.05, 4.69) is 12.2 Å². The molecule has 0 fully saturated rings. The van der Waals surface area contributed by atoms with E-state index in [-0.39, 0.29) is 37.7 Å². The highest BCUT2D eigenvalue weighted by atomic mass is 32.2. The first-order valence-electron chi connectivity index (χ1n) is 15.2. The van der Waals surface area contributed by atoms with Gasteiger partial charge in [-0.1, -0.05) is 73.5 Å². The number of hydrogen-bond donors (Lipinski definition) is 1. The molecule has 9 nitrogen and oxygen atoms in total. The summed E-state index contributed by atoms with van der Waals surface area (Å²) in [5.41, 5.74) is 3.38. The molecule has 1 aliphatic heterocycles. The van der Waals surface area contributed by atoms with Crippen molar-refractivity contribution < 1.29 is 27.5 Å². The van der Waals surface area contributed by atoms with Crippen molar-refractivity contribution in [2.75, 3.05) is 36.9 Å². The SMILES string of the molecule is CCCCNC(=O)C(Cc1ccccc1)N(Cc1cccc(C)c1)C(=O)CCCN(c1ccc2c(c1)OCCO2)S(C)(=O)=O. The van der Waals surface area contributed by atoms with Crippen molar-refractivity contribution >= 4 is 27.5 Å². The molecule has 3 aromatic rings. The molecule has 0 saturated heterocycles. The molecule has 0 bridgehead atoms. The summed E-state index contributed by atoms with van der Waals surface area (Å²) >= 11 is 0. The number of anilines is 1. The van der Waals surface area contributed by atoms with Crippen molar-refractivity contribution in [3.05, 3.63) is 89.5 Å². The Kier molecular flexibility index (Phi) is 11.7. The third kappa shape index (κ3) is 9.22. The highest BCUT2D eigenvalue weighted by Gasteiger charge is 2.30. The minimum atomic E-state index is -3.65. The molecule has 2 amide bonds. The summed E-state index contributed by atoms with van der Waals surface area (Å²) in [7, 11) is -3.65. The van der Waals surface area contributed by atoms with E-state index in [1.165, 1.54) is 4.31 Å². The largest absolute Gasteiger partial charge is 0.486 e. The highest BCUT2D eigenvalue weighted by Crippen LogP contribution is 2.34. The second-order valence-corrected chi connectivity index (χ2v) is 13.0. The topological polar surface area (TPSA) is 105 Å². The van der Waals surface area contributed by atoms with Crippen molar-refractivity contribution in [2.45, 2.75) is 58.5 Å². The van der Waals surface area contributed by atoms with Crippen LogP contribution in [-0.4, -0.2) is 63.7 Å². The van der Waals surface area contributed by atoms with E-state index < -0.39 is 16.1 Å². The Morgan fingerprint density at radius 1 is 0.909 bits per heavy atom.